The molecular weight excluding hydrogens is 612 g/mol. The lowest BCUT2D eigenvalue weighted by atomic mass is 9.32. The first-order valence-corrected chi connectivity index (χ1v) is 20.1. The van der Waals surface area contributed by atoms with Gasteiger partial charge >= 0.3 is 5.97 Å². The number of aliphatic hydroxyl groups excluding tert-OH is 1. The van der Waals surface area contributed by atoms with Crippen molar-refractivity contribution in [1.29, 1.82) is 0 Å². The lowest BCUT2D eigenvalue weighted by molar-refractivity contribution is -0.246. The number of rotatable bonds is 13. The molecule has 278 valence electrons. The summed E-state index contributed by atoms with van der Waals surface area (Å²) in [4.78, 5) is 37.3. The largest absolute Gasteiger partial charge is 0.481 e. The normalized spacial score (nSPS) is 41.3. The number of aliphatic carboxylic acids is 1. The third-order valence-corrected chi connectivity index (χ3v) is 16.3. The molecule has 0 unspecified atom stereocenters. The molecule has 2 amide bonds. The summed E-state index contributed by atoms with van der Waals surface area (Å²) in [5.74, 6) is 1.84. The number of carboxylic acid groups (broad SMARTS) is 1. The fourth-order valence-corrected chi connectivity index (χ4v) is 13.5. The molecule has 5 rings (SSSR count). The van der Waals surface area contributed by atoms with Crippen molar-refractivity contribution in [1.82, 2.24) is 10.6 Å². The van der Waals surface area contributed by atoms with Gasteiger partial charge in [0.1, 0.15) is 0 Å². The van der Waals surface area contributed by atoms with Crippen LogP contribution in [0.4, 0.5) is 0 Å². The first-order valence-electron chi connectivity index (χ1n) is 20.1. The van der Waals surface area contributed by atoms with E-state index >= 15 is 0 Å². The van der Waals surface area contributed by atoms with E-state index in [1.54, 1.807) is 6.92 Å². The van der Waals surface area contributed by atoms with Crippen molar-refractivity contribution >= 4 is 17.8 Å². The number of carbonyl (C=O) groups is 3. The summed E-state index contributed by atoms with van der Waals surface area (Å²) in [5.41, 5.74) is 1.62. The molecular formula is C42H70N2O5. The van der Waals surface area contributed by atoms with Gasteiger partial charge in [-0.1, -0.05) is 66.0 Å². The van der Waals surface area contributed by atoms with E-state index in [1.807, 2.05) is 0 Å². The fourth-order valence-electron chi connectivity index (χ4n) is 13.5. The number of allylic oxidation sites excluding steroid dienone is 1. The van der Waals surface area contributed by atoms with E-state index in [9.17, 15) is 19.5 Å². The van der Waals surface area contributed by atoms with Crippen molar-refractivity contribution < 1.29 is 24.6 Å². The van der Waals surface area contributed by atoms with Gasteiger partial charge in [-0.25, -0.2) is 0 Å². The molecule has 5 saturated carbocycles. The predicted molar refractivity (Wildman–Crippen MR) is 196 cm³/mol. The Morgan fingerprint density at radius 1 is 0.816 bits per heavy atom. The SMILES string of the molecule is C=C(C)[C@@H]1CC[C@]2(C(=O)NCCCCCCCC(=O)N[C@H](C)CC(=O)O)CC[C@]3(C)[C@H](CC[C@H]4[C@@]5(C)CC[C@H](O)C(C)(C)[C@@H]5CC[C@]43C)[C@@H]12. The maximum atomic E-state index is 14.4. The standard InChI is InChI=1S/C42H70N2O5/c1-27(2)29-17-22-42(37(49)43-25-13-11-9-10-12-14-34(46)44-28(3)26-35(47)48)24-23-40(7)30(36(29)42)15-16-32-39(6)20-19-33(45)38(4,5)31(39)18-21-41(32,40)8/h28-33,36,45H,1,9-26H2,2-8H3,(H,43,49)(H,44,46)(H,47,48)/t28-,29+,30-,31+,32+,33+,36-,39+,40-,41-,42+/m1/s1. The minimum Gasteiger partial charge on any atom is -0.481 e. The molecule has 5 aliphatic rings. The second-order valence-corrected chi connectivity index (χ2v) is 19.1. The zero-order valence-electron chi connectivity index (χ0n) is 32.1. The third kappa shape index (κ3) is 6.65. The highest BCUT2D eigenvalue weighted by Gasteiger charge is 2.71. The molecule has 0 aliphatic heterocycles. The third-order valence-electron chi connectivity index (χ3n) is 16.3. The van der Waals surface area contributed by atoms with Gasteiger partial charge in [-0.15, -0.1) is 0 Å². The molecule has 0 spiro atoms. The van der Waals surface area contributed by atoms with Crippen LogP contribution < -0.4 is 10.6 Å². The van der Waals surface area contributed by atoms with Gasteiger partial charge in [-0.2, -0.15) is 0 Å². The summed E-state index contributed by atoms with van der Waals surface area (Å²) in [7, 11) is 0. The smallest absolute Gasteiger partial charge is 0.305 e. The second-order valence-electron chi connectivity index (χ2n) is 19.1. The Balaban J connectivity index is 1.20. The van der Waals surface area contributed by atoms with Gasteiger partial charge < -0.3 is 20.8 Å². The molecule has 7 heteroatoms. The Morgan fingerprint density at radius 2 is 1.51 bits per heavy atom. The van der Waals surface area contributed by atoms with Gasteiger partial charge in [0, 0.05) is 19.0 Å². The number of nitrogens with one attached hydrogen (secondary N) is 2. The van der Waals surface area contributed by atoms with Crippen molar-refractivity contribution in [3.05, 3.63) is 12.2 Å². The summed E-state index contributed by atoms with van der Waals surface area (Å²) < 4.78 is 0. The molecule has 49 heavy (non-hydrogen) atoms. The number of hydrogen-bond donors (Lipinski definition) is 4. The van der Waals surface area contributed by atoms with E-state index in [0.29, 0.717) is 48.5 Å². The van der Waals surface area contributed by atoms with E-state index < -0.39 is 5.97 Å². The maximum absolute atomic E-state index is 14.4. The zero-order chi connectivity index (χ0) is 36.0. The molecule has 0 radical (unpaired) electrons. The van der Waals surface area contributed by atoms with Crippen LogP contribution >= 0.6 is 0 Å². The molecule has 0 bridgehead atoms. The van der Waals surface area contributed by atoms with E-state index in [0.717, 1.165) is 70.6 Å². The van der Waals surface area contributed by atoms with E-state index in [2.05, 4.69) is 58.8 Å². The Labute approximate surface area is 297 Å². The topological polar surface area (TPSA) is 116 Å². The average molecular weight is 683 g/mol. The molecule has 5 aliphatic carbocycles. The number of carbonyl (C=O) groups excluding carboxylic acids is 2. The number of carboxylic acids is 1. The molecule has 7 nitrogen and oxygen atoms in total. The van der Waals surface area contributed by atoms with Crippen LogP contribution in [0.25, 0.3) is 0 Å². The second kappa shape index (κ2) is 14.3. The van der Waals surface area contributed by atoms with E-state index in [4.69, 9.17) is 5.11 Å². The van der Waals surface area contributed by atoms with Gasteiger partial charge in [0.25, 0.3) is 0 Å². The van der Waals surface area contributed by atoms with Crippen LogP contribution in [-0.4, -0.2) is 46.7 Å². The Hall–Kier alpha value is -1.89. The van der Waals surface area contributed by atoms with Gasteiger partial charge in [0.05, 0.1) is 17.9 Å². The molecule has 0 aromatic carbocycles. The number of aliphatic hydroxyl groups is 1. The lowest BCUT2D eigenvalue weighted by Gasteiger charge is -2.72. The van der Waals surface area contributed by atoms with E-state index in [-0.39, 0.29) is 51.5 Å². The highest BCUT2D eigenvalue weighted by atomic mass is 16.4. The maximum Gasteiger partial charge on any atom is 0.305 e. The average Bonchev–Trinajstić information content (AvgIpc) is 3.42. The Kier molecular flexibility index (Phi) is 11.2. The monoisotopic (exact) mass is 683 g/mol. The Bertz CT molecular complexity index is 1260. The first kappa shape index (κ1) is 38.3. The van der Waals surface area contributed by atoms with Gasteiger partial charge in [-0.05, 0) is 142 Å². The number of fused-ring (bicyclic) bond motifs is 7. The van der Waals surface area contributed by atoms with Crippen LogP contribution in [0.2, 0.25) is 0 Å². The number of unbranched alkanes of at least 4 members (excludes halogenated alkanes) is 4. The summed E-state index contributed by atoms with van der Waals surface area (Å²) >= 11 is 0. The summed E-state index contributed by atoms with van der Waals surface area (Å²) in [6, 6.07) is -0.349. The van der Waals surface area contributed by atoms with Crippen molar-refractivity contribution in [2.45, 2.75) is 170 Å². The van der Waals surface area contributed by atoms with Crippen molar-refractivity contribution in [2.75, 3.05) is 6.54 Å². The molecule has 5 fully saturated rings. The van der Waals surface area contributed by atoms with Crippen molar-refractivity contribution in [3.8, 4) is 0 Å². The highest BCUT2D eigenvalue weighted by molar-refractivity contribution is 5.84. The molecule has 0 aromatic rings. The first-order chi connectivity index (χ1) is 22.9. The summed E-state index contributed by atoms with van der Waals surface area (Å²) in [5, 5.41) is 26.2. The fraction of sp³-hybridized carbons (Fsp3) is 0.881. The Morgan fingerprint density at radius 3 is 2.20 bits per heavy atom. The van der Waals surface area contributed by atoms with Gasteiger partial charge in [0.15, 0.2) is 0 Å². The minimum absolute atomic E-state index is 0.0394. The highest BCUT2D eigenvalue weighted by Crippen LogP contribution is 2.77. The van der Waals surface area contributed by atoms with Gasteiger partial charge in [0.2, 0.25) is 11.8 Å². The zero-order valence-corrected chi connectivity index (χ0v) is 32.1. The van der Waals surface area contributed by atoms with Crippen molar-refractivity contribution in [3.63, 3.8) is 0 Å². The van der Waals surface area contributed by atoms with Gasteiger partial charge in [-0.3, -0.25) is 14.4 Å². The number of amides is 2. The molecule has 11 atom stereocenters. The van der Waals surface area contributed by atoms with Crippen LogP contribution in [0.3, 0.4) is 0 Å². The van der Waals surface area contributed by atoms with Crippen LogP contribution in [0.1, 0.15) is 158 Å². The van der Waals surface area contributed by atoms with Crippen LogP contribution in [0.5, 0.6) is 0 Å². The predicted octanol–water partition coefficient (Wildman–Crippen LogP) is 8.44. The quantitative estimate of drug-likeness (QED) is 0.115. The molecule has 4 N–H and O–H groups in total. The van der Waals surface area contributed by atoms with Crippen LogP contribution in [0.15, 0.2) is 12.2 Å². The molecule has 0 aromatic heterocycles. The van der Waals surface area contributed by atoms with Crippen LogP contribution in [0, 0.1) is 56.7 Å². The van der Waals surface area contributed by atoms with Crippen molar-refractivity contribution in [2.24, 2.45) is 56.7 Å². The molecule has 0 saturated heterocycles. The number of hydrogen-bond acceptors (Lipinski definition) is 4. The summed E-state index contributed by atoms with van der Waals surface area (Å²) in [6.45, 7) is 21.7. The van der Waals surface area contributed by atoms with E-state index in [1.165, 1.54) is 31.3 Å². The lowest BCUT2D eigenvalue weighted by Crippen LogP contribution is -2.67. The minimum atomic E-state index is -0.903. The van der Waals surface area contributed by atoms with Crippen LogP contribution in [-0.2, 0) is 14.4 Å². The summed E-state index contributed by atoms with van der Waals surface area (Å²) in [6.07, 6.45) is 16.0. The molecule has 0 heterocycles.